The molecule has 160 valence electrons. The molecular formula is C20H15FN8O2S. The second-order valence-electron chi connectivity index (χ2n) is 7.02. The predicted molar refractivity (Wildman–Crippen MR) is 114 cm³/mol. The number of pyridine rings is 1. The standard InChI is InChI=1S/C20H15FN8O2S/c1-32(30,31)20-18(22)14(8-9-23-20)15-10-28(17-7-6-16-25-24-11-29(16)26-17)27-19(15)12-2-4-13(21)5-3-12/h2-11H,22H2,1H3. The molecule has 0 fully saturated rings. The fourth-order valence-electron chi connectivity index (χ4n) is 3.33. The summed E-state index contributed by atoms with van der Waals surface area (Å²) in [4.78, 5) is 3.92. The average Bonchev–Trinajstić information content (AvgIpc) is 3.40. The van der Waals surface area contributed by atoms with Crippen LogP contribution in [0.2, 0.25) is 0 Å². The molecule has 1 aromatic carbocycles. The minimum atomic E-state index is -3.65. The highest BCUT2D eigenvalue weighted by Gasteiger charge is 2.22. The fraction of sp³-hybridized carbons (Fsp3) is 0.0500. The van der Waals surface area contributed by atoms with Gasteiger partial charge in [-0.25, -0.2) is 22.5 Å². The third kappa shape index (κ3) is 3.36. The first-order chi connectivity index (χ1) is 15.3. The maximum atomic E-state index is 13.5. The summed E-state index contributed by atoms with van der Waals surface area (Å²) in [7, 11) is -3.65. The highest BCUT2D eigenvalue weighted by atomic mass is 32.2. The van der Waals surface area contributed by atoms with Gasteiger partial charge in [0.1, 0.15) is 17.8 Å². The second-order valence-corrected chi connectivity index (χ2v) is 8.95. The molecule has 32 heavy (non-hydrogen) atoms. The molecule has 5 aromatic rings. The molecule has 0 unspecified atom stereocenters. The lowest BCUT2D eigenvalue weighted by Gasteiger charge is -2.09. The van der Waals surface area contributed by atoms with Gasteiger partial charge in [-0.1, -0.05) is 0 Å². The summed E-state index contributed by atoms with van der Waals surface area (Å²) >= 11 is 0. The van der Waals surface area contributed by atoms with Crippen LogP contribution in [0.15, 0.2) is 66.2 Å². The molecule has 2 N–H and O–H groups in total. The molecule has 0 bridgehead atoms. The summed E-state index contributed by atoms with van der Waals surface area (Å²) in [6.45, 7) is 0. The van der Waals surface area contributed by atoms with Crippen molar-refractivity contribution in [2.24, 2.45) is 0 Å². The van der Waals surface area contributed by atoms with E-state index in [0.29, 0.717) is 33.8 Å². The Morgan fingerprint density at radius 2 is 1.78 bits per heavy atom. The van der Waals surface area contributed by atoms with Crippen molar-refractivity contribution in [1.82, 2.24) is 34.6 Å². The summed E-state index contributed by atoms with van der Waals surface area (Å²) in [5, 5.41) is 16.6. The molecule has 0 aliphatic heterocycles. The number of anilines is 1. The van der Waals surface area contributed by atoms with Gasteiger partial charge in [-0.3, -0.25) is 0 Å². The van der Waals surface area contributed by atoms with E-state index in [1.165, 1.54) is 33.9 Å². The third-order valence-corrected chi connectivity index (χ3v) is 5.84. The minimum absolute atomic E-state index is 0.000123. The summed E-state index contributed by atoms with van der Waals surface area (Å²) < 4.78 is 40.8. The van der Waals surface area contributed by atoms with Gasteiger partial charge < -0.3 is 5.73 Å². The van der Waals surface area contributed by atoms with Crippen molar-refractivity contribution in [2.45, 2.75) is 5.03 Å². The smallest absolute Gasteiger partial charge is 0.194 e. The van der Waals surface area contributed by atoms with Crippen LogP contribution in [0.1, 0.15) is 0 Å². The number of halogens is 1. The van der Waals surface area contributed by atoms with E-state index in [1.54, 1.807) is 36.5 Å². The maximum absolute atomic E-state index is 13.5. The van der Waals surface area contributed by atoms with E-state index in [-0.39, 0.29) is 10.7 Å². The van der Waals surface area contributed by atoms with E-state index < -0.39 is 15.7 Å². The van der Waals surface area contributed by atoms with Gasteiger partial charge in [0.05, 0.1) is 5.69 Å². The number of nitrogens with zero attached hydrogens (tertiary/aromatic N) is 7. The molecule has 4 aromatic heterocycles. The zero-order valence-corrected chi connectivity index (χ0v) is 17.4. The first kappa shape index (κ1) is 19.8. The largest absolute Gasteiger partial charge is 0.396 e. The van der Waals surface area contributed by atoms with Gasteiger partial charge in [0.2, 0.25) is 0 Å². The van der Waals surface area contributed by atoms with Gasteiger partial charge in [-0.2, -0.15) is 9.61 Å². The number of nitrogens with two attached hydrogens (primary N) is 1. The maximum Gasteiger partial charge on any atom is 0.194 e. The Balaban J connectivity index is 1.75. The number of nitrogen functional groups attached to an aromatic ring is 1. The molecule has 0 saturated heterocycles. The van der Waals surface area contributed by atoms with Crippen molar-refractivity contribution in [2.75, 3.05) is 12.0 Å². The Morgan fingerprint density at radius 1 is 1.00 bits per heavy atom. The van der Waals surface area contributed by atoms with Crippen LogP contribution in [-0.2, 0) is 9.84 Å². The lowest BCUT2D eigenvalue weighted by atomic mass is 10.0. The number of hydrogen-bond acceptors (Lipinski definition) is 8. The van der Waals surface area contributed by atoms with Crippen molar-refractivity contribution in [3.8, 4) is 28.2 Å². The molecule has 0 aliphatic rings. The van der Waals surface area contributed by atoms with Crippen molar-refractivity contribution in [3.63, 3.8) is 0 Å². The Labute approximate surface area is 181 Å². The zero-order valence-electron chi connectivity index (χ0n) is 16.6. The number of benzene rings is 1. The van der Waals surface area contributed by atoms with Crippen LogP contribution in [0, 0.1) is 5.82 Å². The van der Waals surface area contributed by atoms with Crippen molar-refractivity contribution in [3.05, 3.63) is 67.0 Å². The Hall–Kier alpha value is -4.19. The Morgan fingerprint density at radius 3 is 2.53 bits per heavy atom. The first-order valence-electron chi connectivity index (χ1n) is 9.29. The number of sulfone groups is 1. The number of aromatic nitrogens is 7. The third-order valence-electron chi connectivity index (χ3n) is 4.81. The molecule has 0 saturated carbocycles. The van der Waals surface area contributed by atoms with Crippen LogP contribution < -0.4 is 5.73 Å². The van der Waals surface area contributed by atoms with Crippen LogP contribution in [-0.4, -0.2) is 49.2 Å². The molecule has 0 spiro atoms. The summed E-state index contributed by atoms with van der Waals surface area (Å²) in [5.41, 5.74) is 8.81. The zero-order chi connectivity index (χ0) is 22.5. The Bertz CT molecular complexity index is 1580. The fourth-order valence-corrected chi connectivity index (χ4v) is 4.10. The van der Waals surface area contributed by atoms with E-state index in [0.717, 1.165) is 6.26 Å². The van der Waals surface area contributed by atoms with Crippen LogP contribution in [0.5, 0.6) is 0 Å². The molecule has 12 heteroatoms. The summed E-state index contributed by atoms with van der Waals surface area (Å²) in [5.74, 6) is 0.0696. The van der Waals surface area contributed by atoms with Crippen LogP contribution >= 0.6 is 0 Å². The number of fused-ring (bicyclic) bond motifs is 1. The van der Waals surface area contributed by atoms with Gasteiger partial charge in [0.25, 0.3) is 0 Å². The number of hydrogen-bond donors (Lipinski definition) is 1. The second kappa shape index (κ2) is 7.20. The summed E-state index contributed by atoms with van der Waals surface area (Å²) in [6, 6.07) is 10.8. The van der Waals surface area contributed by atoms with Gasteiger partial charge in [-0.05, 0) is 42.5 Å². The van der Waals surface area contributed by atoms with Crippen LogP contribution in [0.3, 0.4) is 0 Å². The van der Waals surface area contributed by atoms with Gasteiger partial charge in [0.15, 0.2) is 26.3 Å². The highest BCUT2D eigenvalue weighted by molar-refractivity contribution is 7.90. The van der Waals surface area contributed by atoms with Gasteiger partial charge >= 0.3 is 0 Å². The van der Waals surface area contributed by atoms with Crippen molar-refractivity contribution < 1.29 is 12.8 Å². The van der Waals surface area contributed by atoms with Gasteiger partial charge in [-0.15, -0.1) is 15.3 Å². The highest BCUT2D eigenvalue weighted by Crippen LogP contribution is 2.36. The average molecular weight is 450 g/mol. The Kier molecular flexibility index (Phi) is 4.44. The van der Waals surface area contributed by atoms with E-state index in [4.69, 9.17) is 5.73 Å². The SMILES string of the molecule is CS(=O)(=O)c1nccc(-c2cn(-c3ccc4nncn4n3)nc2-c2ccc(F)cc2)c1N. The van der Waals surface area contributed by atoms with E-state index in [2.05, 4.69) is 25.4 Å². The topological polar surface area (TPSA) is 134 Å². The van der Waals surface area contributed by atoms with E-state index >= 15 is 0 Å². The van der Waals surface area contributed by atoms with Crippen molar-refractivity contribution >= 4 is 21.2 Å². The lowest BCUT2D eigenvalue weighted by Crippen LogP contribution is -2.06. The monoisotopic (exact) mass is 450 g/mol. The molecule has 0 aliphatic carbocycles. The lowest BCUT2D eigenvalue weighted by molar-refractivity contribution is 0.599. The molecule has 10 nitrogen and oxygen atoms in total. The van der Waals surface area contributed by atoms with Crippen LogP contribution in [0.25, 0.3) is 33.8 Å². The summed E-state index contributed by atoms with van der Waals surface area (Å²) in [6.07, 6.45) is 5.55. The quantitative estimate of drug-likeness (QED) is 0.440. The molecule has 5 rings (SSSR count). The minimum Gasteiger partial charge on any atom is -0.396 e. The number of rotatable bonds is 4. The molecule has 0 radical (unpaired) electrons. The first-order valence-corrected chi connectivity index (χ1v) is 11.2. The van der Waals surface area contributed by atoms with Crippen molar-refractivity contribution in [1.29, 1.82) is 0 Å². The van der Waals surface area contributed by atoms with Gasteiger partial charge in [0, 0.05) is 35.3 Å². The van der Waals surface area contributed by atoms with Crippen LogP contribution in [0.4, 0.5) is 10.1 Å². The molecule has 4 heterocycles. The molecular weight excluding hydrogens is 435 g/mol. The predicted octanol–water partition coefficient (Wildman–Crippen LogP) is 2.16. The molecule has 0 amide bonds. The normalized spacial score (nSPS) is 11.8. The van der Waals surface area contributed by atoms with E-state index in [9.17, 15) is 12.8 Å². The molecule has 0 atom stereocenters. The van der Waals surface area contributed by atoms with E-state index in [1.807, 2.05) is 0 Å².